The molecule has 2 fully saturated rings. The van der Waals surface area contributed by atoms with Crippen molar-refractivity contribution >= 4 is 5.78 Å². The SMILES string of the molecule is O=C(C1CCN(CC(F)(F)F)CC1)C1CCN(CC(F)(F)F)CC1. The lowest BCUT2D eigenvalue weighted by Crippen LogP contribution is -2.45. The van der Waals surface area contributed by atoms with Crippen LogP contribution in [0, 0.1) is 11.8 Å². The molecule has 0 aromatic rings. The van der Waals surface area contributed by atoms with Crippen molar-refractivity contribution in [2.24, 2.45) is 11.8 Å². The van der Waals surface area contributed by atoms with Crippen molar-refractivity contribution < 1.29 is 31.1 Å². The molecule has 9 heteroatoms. The minimum absolute atomic E-state index is 0.0216. The second kappa shape index (κ2) is 7.59. The third kappa shape index (κ3) is 6.23. The number of carbonyl (C=O) groups excluding carboxylic acids is 1. The highest BCUT2D eigenvalue weighted by molar-refractivity contribution is 5.83. The molecular weight excluding hydrogens is 338 g/mol. The Balaban J connectivity index is 1.74. The molecule has 2 aliphatic rings. The fourth-order valence-corrected chi connectivity index (χ4v) is 3.59. The minimum Gasteiger partial charge on any atom is -0.299 e. The monoisotopic (exact) mass is 360 g/mol. The zero-order valence-electron chi connectivity index (χ0n) is 13.3. The lowest BCUT2D eigenvalue weighted by molar-refractivity contribution is -0.151. The van der Waals surface area contributed by atoms with Gasteiger partial charge in [0.05, 0.1) is 13.1 Å². The number of hydrogen-bond donors (Lipinski definition) is 0. The second-order valence-electron chi connectivity index (χ2n) is 6.73. The fourth-order valence-electron chi connectivity index (χ4n) is 3.59. The van der Waals surface area contributed by atoms with E-state index in [1.54, 1.807) is 0 Å². The van der Waals surface area contributed by atoms with E-state index in [0.29, 0.717) is 25.7 Å². The van der Waals surface area contributed by atoms with Gasteiger partial charge < -0.3 is 0 Å². The van der Waals surface area contributed by atoms with Crippen LogP contribution >= 0.6 is 0 Å². The second-order valence-corrected chi connectivity index (χ2v) is 6.73. The molecule has 0 saturated carbocycles. The van der Waals surface area contributed by atoms with E-state index in [9.17, 15) is 31.1 Å². The maximum Gasteiger partial charge on any atom is 0.401 e. The van der Waals surface area contributed by atoms with Gasteiger partial charge in [-0.2, -0.15) is 26.3 Å². The number of halogens is 6. The first-order valence-electron chi connectivity index (χ1n) is 8.15. The summed E-state index contributed by atoms with van der Waals surface area (Å²) in [4.78, 5) is 15.1. The zero-order chi connectivity index (χ0) is 18.0. The van der Waals surface area contributed by atoms with E-state index < -0.39 is 25.4 Å². The molecule has 3 nitrogen and oxygen atoms in total. The van der Waals surface area contributed by atoms with Crippen molar-refractivity contribution in [3.8, 4) is 0 Å². The van der Waals surface area contributed by atoms with Gasteiger partial charge in [0.15, 0.2) is 0 Å². The van der Waals surface area contributed by atoms with E-state index in [1.807, 2.05) is 0 Å². The van der Waals surface area contributed by atoms with Gasteiger partial charge in [-0.15, -0.1) is 0 Å². The zero-order valence-corrected chi connectivity index (χ0v) is 13.3. The molecule has 0 N–H and O–H groups in total. The minimum atomic E-state index is -4.23. The quantitative estimate of drug-likeness (QED) is 0.720. The summed E-state index contributed by atoms with van der Waals surface area (Å²) in [7, 11) is 0. The summed E-state index contributed by atoms with van der Waals surface area (Å²) in [5.41, 5.74) is 0. The molecule has 140 valence electrons. The number of piperidine rings is 2. The fraction of sp³-hybridized carbons (Fsp3) is 0.933. The van der Waals surface area contributed by atoms with Crippen LogP contribution < -0.4 is 0 Å². The maximum absolute atomic E-state index is 12.5. The first-order chi connectivity index (χ1) is 11.0. The van der Waals surface area contributed by atoms with E-state index in [0.717, 1.165) is 0 Å². The van der Waals surface area contributed by atoms with Crippen molar-refractivity contribution in [3.05, 3.63) is 0 Å². The molecule has 0 bridgehead atoms. The number of ketones is 1. The molecule has 0 atom stereocenters. The molecule has 2 aliphatic heterocycles. The Morgan fingerprint density at radius 2 is 1.00 bits per heavy atom. The maximum atomic E-state index is 12.5. The smallest absolute Gasteiger partial charge is 0.299 e. The van der Waals surface area contributed by atoms with Crippen LogP contribution in [0.3, 0.4) is 0 Å². The first kappa shape index (κ1) is 19.5. The molecule has 2 rings (SSSR count). The highest BCUT2D eigenvalue weighted by Crippen LogP contribution is 2.29. The number of carbonyl (C=O) groups is 1. The lowest BCUT2D eigenvalue weighted by Gasteiger charge is -2.36. The Kier molecular flexibility index (Phi) is 6.17. The molecule has 0 aliphatic carbocycles. The van der Waals surface area contributed by atoms with Gasteiger partial charge in [0.2, 0.25) is 0 Å². The summed E-state index contributed by atoms with van der Waals surface area (Å²) in [5.74, 6) is -0.490. The van der Waals surface area contributed by atoms with Crippen molar-refractivity contribution in [3.63, 3.8) is 0 Å². The Morgan fingerprint density at radius 3 is 1.25 bits per heavy atom. The number of rotatable bonds is 4. The van der Waals surface area contributed by atoms with Gasteiger partial charge in [-0.25, -0.2) is 0 Å². The van der Waals surface area contributed by atoms with Crippen LogP contribution in [-0.4, -0.2) is 67.2 Å². The predicted octanol–water partition coefficient (Wildman–Crippen LogP) is 3.10. The summed E-state index contributed by atoms with van der Waals surface area (Å²) in [6, 6.07) is 0. The van der Waals surface area contributed by atoms with Gasteiger partial charge in [0, 0.05) is 11.8 Å². The Bertz CT molecular complexity index is 383. The van der Waals surface area contributed by atoms with Crippen LogP contribution in [0.15, 0.2) is 0 Å². The van der Waals surface area contributed by atoms with Crippen LogP contribution in [0.2, 0.25) is 0 Å². The molecule has 2 heterocycles. The number of nitrogens with zero attached hydrogens (tertiary/aromatic N) is 2. The number of alkyl halides is 6. The van der Waals surface area contributed by atoms with E-state index in [4.69, 9.17) is 0 Å². The van der Waals surface area contributed by atoms with Crippen molar-refractivity contribution in [1.29, 1.82) is 0 Å². The van der Waals surface area contributed by atoms with Gasteiger partial charge in [0.25, 0.3) is 0 Å². The van der Waals surface area contributed by atoms with Crippen molar-refractivity contribution in [2.75, 3.05) is 39.3 Å². The topological polar surface area (TPSA) is 23.6 Å². The Hall–Kier alpha value is -0.830. The molecular formula is C15H22F6N2O. The van der Waals surface area contributed by atoms with Gasteiger partial charge in [-0.3, -0.25) is 14.6 Å². The van der Waals surface area contributed by atoms with Crippen LogP contribution in [0.1, 0.15) is 25.7 Å². The standard InChI is InChI=1S/C15H22F6N2O/c16-14(17,18)9-22-5-1-11(2-6-22)13(24)12-3-7-23(8-4-12)10-15(19,20)21/h11-12H,1-10H2. The van der Waals surface area contributed by atoms with Crippen molar-refractivity contribution in [1.82, 2.24) is 9.80 Å². The lowest BCUT2D eigenvalue weighted by atomic mass is 9.81. The van der Waals surface area contributed by atoms with Gasteiger partial charge in [0.1, 0.15) is 5.78 Å². The Morgan fingerprint density at radius 1 is 0.708 bits per heavy atom. The van der Waals surface area contributed by atoms with E-state index in [2.05, 4.69) is 0 Å². The van der Waals surface area contributed by atoms with Gasteiger partial charge in [-0.05, 0) is 51.9 Å². The van der Waals surface area contributed by atoms with Crippen LogP contribution in [0.4, 0.5) is 26.3 Å². The van der Waals surface area contributed by atoms with Gasteiger partial charge in [-0.1, -0.05) is 0 Å². The third-order valence-electron chi connectivity index (χ3n) is 4.79. The average Bonchev–Trinajstić information content (AvgIpc) is 2.45. The normalized spacial score (nSPS) is 23.6. The molecule has 24 heavy (non-hydrogen) atoms. The molecule has 2 saturated heterocycles. The summed E-state index contributed by atoms with van der Waals surface area (Å²) < 4.78 is 74.1. The van der Waals surface area contributed by atoms with Crippen LogP contribution in [0.5, 0.6) is 0 Å². The summed E-state index contributed by atoms with van der Waals surface area (Å²) in [5, 5.41) is 0. The molecule has 0 radical (unpaired) electrons. The number of Topliss-reactive ketones (excluding diaryl/α,β-unsaturated/α-hetero) is 1. The summed E-state index contributed by atoms with van der Waals surface area (Å²) >= 11 is 0. The third-order valence-corrected chi connectivity index (χ3v) is 4.79. The first-order valence-corrected chi connectivity index (χ1v) is 8.15. The number of likely N-dealkylation sites (tertiary alicyclic amines) is 2. The highest BCUT2D eigenvalue weighted by atomic mass is 19.4. The molecule has 0 amide bonds. The molecule has 0 unspecified atom stereocenters. The molecule has 0 aromatic heterocycles. The molecule has 0 spiro atoms. The average molecular weight is 360 g/mol. The van der Waals surface area contributed by atoms with Crippen LogP contribution in [-0.2, 0) is 4.79 Å². The van der Waals surface area contributed by atoms with E-state index in [1.165, 1.54) is 9.80 Å². The van der Waals surface area contributed by atoms with E-state index >= 15 is 0 Å². The predicted molar refractivity (Wildman–Crippen MR) is 75.4 cm³/mol. The number of hydrogen-bond acceptors (Lipinski definition) is 3. The highest BCUT2D eigenvalue weighted by Gasteiger charge is 2.37. The van der Waals surface area contributed by atoms with Crippen molar-refractivity contribution in [2.45, 2.75) is 38.0 Å². The Labute approximate surface area is 137 Å². The molecule has 0 aromatic carbocycles. The largest absolute Gasteiger partial charge is 0.401 e. The summed E-state index contributed by atoms with van der Waals surface area (Å²) in [6.07, 6.45) is -6.87. The van der Waals surface area contributed by atoms with E-state index in [-0.39, 0.29) is 43.8 Å². The summed E-state index contributed by atoms with van der Waals surface area (Å²) in [6.45, 7) is -0.954. The van der Waals surface area contributed by atoms with Crippen LogP contribution in [0.25, 0.3) is 0 Å². The van der Waals surface area contributed by atoms with Gasteiger partial charge >= 0.3 is 12.4 Å².